The first-order chi connectivity index (χ1) is 15.3. The van der Waals surface area contributed by atoms with Crippen LogP contribution in [0.25, 0.3) is 0 Å². The smallest absolute Gasteiger partial charge is 0.244 e. The lowest BCUT2D eigenvalue weighted by molar-refractivity contribution is -0.136. The Labute approximate surface area is 191 Å². The molecular weight excluding hydrogens is 400 g/mol. The highest BCUT2D eigenvalue weighted by molar-refractivity contribution is 5.98. The summed E-state index contributed by atoms with van der Waals surface area (Å²) in [5.74, 6) is 2.76. The average Bonchev–Trinajstić information content (AvgIpc) is 3.11. The van der Waals surface area contributed by atoms with Gasteiger partial charge >= 0.3 is 0 Å². The lowest BCUT2D eigenvalue weighted by Crippen LogP contribution is -2.53. The SMILES string of the molecule is C#CCCN(CC1(C)Nc2ccc(C(=O)CC)cc2N1)C(=O)C(c1ccccc1)N(C)C. The molecule has 32 heavy (non-hydrogen) atoms. The molecule has 3 rings (SSSR count). The van der Waals surface area contributed by atoms with Crippen molar-refractivity contribution in [3.8, 4) is 12.3 Å². The van der Waals surface area contributed by atoms with Crippen molar-refractivity contribution in [2.24, 2.45) is 0 Å². The number of likely N-dealkylation sites (N-methyl/N-ethyl adjacent to an activating group) is 1. The van der Waals surface area contributed by atoms with Crippen molar-refractivity contribution in [3.63, 3.8) is 0 Å². The molecule has 6 heteroatoms. The molecule has 1 amide bonds. The van der Waals surface area contributed by atoms with E-state index in [9.17, 15) is 9.59 Å². The molecule has 6 nitrogen and oxygen atoms in total. The van der Waals surface area contributed by atoms with E-state index in [0.717, 1.165) is 16.9 Å². The highest BCUT2D eigenvalue weighted by Crippen LogP contribution is 2.35. The fraction of sp³-hybridized carbons (Fsp3) is 0.385. The average molecular weight is 433 g/mol. The van der Waals surface area contributed by atoms with Crippen LogP contribution in [-0.2, 0) is 4.79 Å². The van der Waals surface area contributed by atoms with Gasteiger partial charge < -0.3 is 15.5 Å². The van der Waals surface area contributed by atoms with Gasteiger partial charge in [0.1, 0.15) is 11.7 Å². The minimum Gasteiger partial charge on any atom is -0.360 e. The number of nitrogens with zero attached hydrogens (tertiary/aromatic N) is 2. The molecule has 0 aromatic heterocycles. The van der Waals surface area contributed by atoms with E-state index in [1.165, 1.54) is 0 Å². The third-order valence-electron chi connectivity index (χ3n) is 5.69. The Morgan fingerprint density at radius 3 is 2.41 bits per heavy atom. The van der Waals surface area contributed by atoms with Crippen LogP contribution in [0.4, 0.5) is 11.4 Å². The van der Waals surface area contributed by atoms with E-state index >= 15 is 0 Å². The number of hydrogen-bond acceptors (Lipinski definition) is 5. The molecular formula is C26H32N4O2. The van der Waals surface area contributed by atoms with Gasteiger partial charge in [0.2, 0.25) is 5.91 Å². The number of Topliss-reactive ketones (excluding diaryl/α,β-unsaturated/α-hetero) is 1. The van der Waals surface area contributed by atoms with Crippen molar-refractivity contribution in [2.45, 2.75) is 38.4 Å². The number of hydrogen-bond donors (Lipinski definition) is 2. The molecule has 1 aliphatic heterocycles. The summed E-state index contributed by atoms with van der Waals surface area (Å²) in [6.07, 6.45) is 6.46. The first kappa shape index (κ1) is 23.4. The second-order valence-corrected chi connectivity index (χ2v) is 8.61. The lowest BCUT2D eigenvalue weighted by Gasteiger charge is -2.36. The molecule has 1 heterocycles. The first-order valence-corrected chi connectivity index (χ1v) is 10.9. The third-order valence-corrected chi connectivity index (χ3v) is 5.69. The van der Waals surface area contributed by atoms with Crippen LogP contribution in [0.5, 0.6) is 0 Å². The van der Waals surface area contributed by atoms with Gasteiger partial charge in [-0.15, -0.1) is 12.3 Å². The van der Waals surface area contributed by atoms with E-state index in [1.54, 1.807) is 0 Å². The van der Waals surface area contributed by atoms with Crippen LogP contribution in [0, 0.1) is 12.3 Å². The Balaban J connectivity index is 1.84. The van der Waals surface area contributed by atoms with Crippen LogP contribution in [0.15, 0.2) is 48.5 Å². The standard InChI is InChI=1S/C26H32N4O2/c1-6-8-16-30(25(32)24(29(4)5)19-12-10-9-11-13-19)18-26(3)27-21-15-14-20(23(31)7-2)17-22(21)28-26/h1,9-15,17,24,27-28H,7-8,16,18H2,2-5H3. The Bertz CT molecular complexity index is 1010. The predicted octanol–water partition coefficient (Wildman–Crippen LogP) is 3.99. The van der Waals surface area contributed by atoms with E-state index in [-0.39, 0.29) is 11.7 Å². The molecule has 0 bridgehead atoms. The summed E-state index contributed by atoms with van der Waals surface area (Å²) >= 11 is 0. The van der Waals surface area contributed by atoms with Crippen molar-refractivity contribution >= 4 is 23.1 Å². The van der Waals surface area contributed by atoms with Crippen molar-refractivity contribution in [2.75, 3.05) is 37.8 Å². The zero-order valence-corrected chi connectivity index (χ0v) is 19.3. The molecule has 1 aliphatic rings. The quantitative estimate of drug-likeness (QED) is 0.463. The Morgan fingerprint density at radius 1 is 1.09 bits per heavy atom. The number of fused-ring (bicyclic) bond motifs is 1. The van der Waals surface area contributed by atoms with Gasteiger partial charge in [-0.1, -0.05) is 37.3 Å². The number of nitrogens with one attached hydrogen (secondary N) is 2. The van der Waals surface area contributed by atoms with Crippen LogP contribution >= 0.6 is 0 Å². The minimum atomic E-state index is -0.589. The van der Waals surface area contributed by atoms with E-state index < -0.39 is 11.7 Å². The topological polar surface area (TPSA) is 64.7 Å². The highest BCUT2D eigenvalue weighted by Gasteiger charge is 2.37. The molecule has 0 saturated carbocycles. The summed E-state index contributed by atoms with van der Waals surface area (Å²) in [4.78, 5) is 29.5. The largest absolute Gasteiger partial charge is 0.360 e. The maximum absolute atomic E-state index is 13.7. The van der Waals surface area contributed by atoms with E-state index in [2.05, 4.69) is 16.6 Å². The molecule has 2 aromatic carbocycles. The van der Waals surface area contributed by atoms with Gasteiger partial charge in [0.15, 0.2) is 5.78 Å². The third kappa shape index (κ3) is 5.12. The second-order valence-electron chi connectivity index (χ2n) is 8.61. The summed E-state index contributed by atoms with van der Waals surface area (Å²) < 4.78 is 0. The van der Waals surface area contributed by atoms with Gasteiger partial charge in [-0.05, 0) is 44.8 Å². The van der Waals surface area contributed by atoms with Crippen LogP contribution in [0.1, 0.15) is 48.7 Å². The Hall–Kier alpha value is -3.30. The van der Waals surface area contributed by atoms with Crippen molar-refractivity contribution in [1.82, 2.24) is 9.80 Å². The van der Waals surface area contributed by atoms with Gasteiger partial charge in [-0.2, -0.15) is 0 Å². The number of rotatable bonds is 9. The van der Waals surface area contributed by atoms with E-state index in [0.29, 0.717) is 31.5 Å². The van der Waals surface area contributed by atoms with E-state index in [4.69, 9.17) is 6.42 Å². The first-order valence-electron chi connectivity index (χ1n) is 10.9. The lowest BCUT2D eigenvalue weighted by atomic mass is 10.0. The van der Waals surface area contributed by atoms with Gasteiger partial charge in [0, 0.05) is 24.9 Å². The van der Waals surface area contributed by atoms with Gasteiger partial charge in [-0.25, -0.2) is 0 Å². The fourth-order valence-electron chi connectivity index (χ4n) is 4.16. The number of amides is 1. The molecule has 2 aromatic rings. The van der Waals surface area contributed by atoms with Crippen LogP contribution < -0.4 is 10.6 Å². The zero-order valence-electron chi connectivity index (χ0n) is 19.3. The summed E-state index contributed by atoms with van der Waals surface area (Å²) in [5, 5.41) is 6.96. The molecule has 0 spiro atoms. The van der Waals surface area contributed by atoms with Gasteiger partial charge in [0.05, 0.1) is 17.9 Å². The van der Waals surface area contributed by atoms with Crippen molar-refractivity contribution < 1.29 is 9.59 Å². The molecule has 168 valence electrons. The minimum absolute atomic E-state index is 0.000851. The summed E-state index contributed by atoms with van der Waals surface area (Å²) in [7, 11) is 3.82. The molecule has 0 saturated heterocycles. The normalized spacial score (nSPS) is 17.6. The summed E-state index contributed by atoms with van der Waals surface area (Å²) in [6.45, 7) is 4.74. The summed E-state index contributed by atoms with van der Waals surface area (Å²) in [6, 6.07) is 15.0. The number of terminal acetylenes is 1. The van der Waals surface area contributed by atoms with Crippen LogP contribution in [0.3, 0.4) is 0 Å². The number of anilines is 2. The number of carbonyl (C=O) groups excluding carboxylic acids is 2. The molecule has 0 radical (unpaired) electrons. The maximum Gasteiger partial charge on any atom is 0.244 e. The maximum atomic E-state index is 13.7. The van der Waals surface area contributed by atoms with Crippen molar-refractivity contribution in [3.05, 3.63) is 59.7 Å². The van der Waals surface area contributed by atoms with Crippen molar-refractivity contribution in [1.29, 1.82) is 0 Å². The fourth-order valence-corrected chi connectivity index (χ4v) is 4.16. The number of benzene rings is 2. The monoisotopic (exact) mass is 432 g/mol. The molecule has 2 atom stereocenters. The van der Waals surface area contributed by atoms with E-state index in [1.807, 2.05) is 86.3 Å². The summed E-state index contributed by atoms with van der Waals surface area (Å²) in [5.41, 5.74) is 2.81. The molecule has 0 aliphatic carbocycles. The Kier molecular flexibility index (Phi) is 7.22. The predicted molar refractivity (Wildman–Crippen MR) is 130 cm³/mol. The van der Waals surface area contributed by atoms with Gasteiger partial charge in [-0.3, -0.25) is 14.5 Å². The van der Waals surface area contributed by atoms with Crippen LogP contribution in [0.2, 0.25) is 0 Å². The molecule has 2 N–H and O–H groups in total. The van der Waals surface area contributed by atoms with Crippen LogP contribution in [-0.4, -0.2) is 54.3 Å². The Morgan fingerprint density at radius 2 is 1.78 bits per heavy atom. The molecule has 0 fully saturated rings. The molecule has 2 unspecified atom stereocenters. The second kappa shape index (κ2) is 9.88. The zero-order chi connectivity index (χ0) is 23.3. The number of carbonyl (C=O) groups is 2. The highest BCUT2D eigenvalue weighted by atomic mass is 16.2. The number of ketones is 1. The van der Waals surface area contributed by atoms with Gasteiger partial charge in [0.25, 0.3) is 0 Å².